The average Bonchev–Trinajstić information content (AvgIpc) is 2.67. The van der Waals surface area contributed by atoms with Gasteiger partial charge in [-0.3, -0.25) is 9.59 Å². The first-order valence-corrected chi connectivity index (χ1v) is 8.56. The van der Waals surface area contributed by atoms with Gasteiger partial charge in [-0.05, 0) is 37.5 Å². The largest absolute Gasteiger partial charge is 0.497 e. The van der Waals surface area contributed by atoms with Crippen molar-refractivity contribution in [3.8, 4) is 5.75 Å². The number of hydrogen-bond donors (Lipinski definition) is 0. The van der Waals surface area contributed by atoms with Crippen LogP contribution in [0.4, 0.5) is 0 Å². The molecule has 0 radical (unpaired) electrons. The van der Waals surface area contributed by atoms with Crippen molar-refractivity contribution in [1.29, 1.82) is 0 Å². The number of nitrogens with zero attached hydrogens (tertiary/aromatic N) is 2. The number of allylic oxidation sites excluding steroid dienone is 2. The van der Waals surface area contributed by atoms with Crippen molar-refractivity contribution in [1.82, 2.24) is 9.80 Å². The molecule has 24 heavy (non-hydrogen) atoms. The molecule has 1 aliphatic carbocycles. The van der Waals surface area contributed by atoms with Crippen LogP contribution in [-0.2, 0) is 4.79 Å². The molecule has 1 heterocycles. The van der Waals surface area contributed by atoms with Crippen molar-refractivity contribution in [3.63, 3.8) is 0 Å². The summed E-state index contributed by atoms with van der Waals surface area (Å²) >= 11 is 0. The number of benzene rings is 1. The molecule has 1 saturated heterocycles. The van der Waals surface area contributed by atoms with Crippen LogP contribution in [0.5, 0.6) is 5.75 Å². The van der Waals surface area contributed by atoms with Gasteiger partial charge in [-0.25, -0.2) is 0 Å². The predicted octanol–water partition coefficient (Wildman–Crippen LogP) is 2.34. The van der Waals surface area contributed by atoms with Crippen LogP contribution in [0.25, 0.3) is 0 Å². The van der Waals surface area contributed by atoms with Crippen LogP contribution in [0.15, 0.2) is 36.4 Å². The summed E-state index contributed by atoms with van der Waals surface area (Å²) < 4.78 is 5.18. The first-order valence-electron chi connectivity index (χ1n) is 8.56. The minimum atomic E-state index is 0.00148. The number of methoxy groups -OCH3 is 1. The molecule has 1 aliphatic heterocycles. The molecule has 0 spiro atoms. The van der Waals surface area contributed by atoms with Crippen LogP contribution in [0.3, 0.4) is 0 Å². The topological polar surface area (TPSA) is 49.9 Å². The Labute approximate surface area is 142 Å². The third-order valence-electron chi connectivity index (χ3n) is 4.81. The fraction of sp³-hybridized carbons (Fsp3) is 0.474. The van der Waals surface area contributed by atoms with Gasteiger partial charge in [-0.2, -0.15) is 0 Å². The molecule has 1 atom stereocenters. The maximum atomic E-state index is 12.6. The van der Waals surface area contributed by atoms with Crippen LogP contribution >= 0.6 is 0 Å². The van der Waals surface area contributed by atoms with Gasteiger partial charge in [0.25, 0.3) is 5.91 Å². The van der Waals surface area contributed by atoms with E-state index in [1.165, 1.54) is 0 Å². The quantitative estimate of drug-likeness (QED) is 0.800. The van der Waals surface area contributed by atoms with Crippen LogP contribution < -0.4 is 4.74 Å². The van der Waals surface area contributed by atoms with E-state index in [2.05, 4.69) is 12.2 Å². The molecule has 5 heteroatoms. The molecule has 0 N–H and O–H groups in total. The van der Waals surface area contributed by atoms with Crippen LogP contribution in [0.2, 0.25) is 0 Å². The molecule has 2 amide bonds. The zero-order chi connectivity index (χ0) is 16.9. The highest BCUT2D eigenvalue weighted by atomic mass is 16.5. The lowest BCUT2D eigenvalue weighted by Crippen LogP contribution is -2.52. The lowest BCUT2D eigenvalue weighted by atomic mass is 9.93. The van der Waals surface area contributed by atoms with Gasteiger partial charge in [-0.1, -0.05) is 18.2 Å². The van der Waals surface area contributed by atoms with Gasteiger partial charge >= 0.3 is 0 Å². The van der Waals surface area contributed by atoms with Crippen LogP contribution in [0.1, 0.15) is 29.6 Å². The fourth-order valence-corrected chi connectivity index (χ4v) is 3.34. The van der Waals surface area contributed by atoms with Crippen molar-refractivity contribution in [2.75, 3.05) is 33.3 Å². The molecular formula is C19H24N2O3. The summed E-state index contributed by atoms with van der Waals surface area (Å²) in [6.07, 6.45) is 7.04. The van der Waals surface area contributed by atoms with Crippen molar-refractivity contribution in [2.45, 2.75) is 19.3 Å². The van der Waals surface area contributed by atoms with Gasteiger partial charge in [0.05, 0.1) is 7.11 Å². The van der Waals surface area contributed by atoms with Gasteiger partial charge in [0, 0.05) is 37.7 Å². The summed E-state index contributed by atoms with van der Waals surface area (Å²) in [5, 5.41) is 0. The van der Waals surface area contributed by atoms with Crippen molar-refractivity contribution >= 4 is 11.8 Å². The Balaban J connectivity index is 1.57. The Morgan fingerprint density at radius 1 is 1.08 bits per heavy atom. The Hall–Kier alpha value is -2.30. The Kier molecular flexibility index (Phi) is 5.18. The molecule has 0 saturated carbocycles. The molecular weight excluding hydrogens is 304 g/mol. The van der Waals surface area contributed by atoms with Gasteiger partial charge in [0.15, 0.2) is 0 Å². The molecule has 1 aromatic rings. The normalized spacial score (nSPS) is 20.8. The third-order valence-corrected chi connectivity index (χ3v) is 4.81. The number of rotatable bonds is 3. The zero-order valence-corrected chi connectivity index (χ0v) is 14.1. The summed E-state index contributed by atoms with van der Waals surface area (Å²) in [6, 6.07) is 7.21. The minimum absolute atomic E-state index is 0.00148. The maximum absolute atomic E-state index is 12.6. The molecule has 2 aliphatic rings. The number of carbonyl (C=O) groups is 2. The van der Waals surface area contributed by atoms with Crippen LogP contribution in [-0.4, -0.2) is 54.9 Å². The number of carbonyl (C=O) groups excluding carboxylic acids is 2. The van der Waals surface area contributed by atoms with E-state index in [-0.39, 0.29) is 17.7 Å². The number of piperazine rings is 1. The predicted molar refractivity (Wildman–Crippen MR) is 92.0 cm³/mol. The van der Waals surface area contributed by atoms with E-state index in [0.717, 1.165) is 19.3 Å². The lowest BCUT2D eigenvalue weighted by molar-refractivity contribution is -0.137. The summed E-state index contributed by atoms with van der Waals surface area (Å²) in [5.74, 6) is 1.05. The lowest BCUT2D eigenvalue weighted by Gasteiger charge is -2.36. The van der Waals surface area contributed by atoms with E-state index in [0.29, 0.717) is 37.5 Å². The SMILES string of the molecule is COc1cccc(C(=O)N2CCN(C(=O)[C@H]3CC=CCC3)CC2)c1. The zero-order valence-electron chi connectivity index (χ0n) is 14.1. The van der Waals surface area contributed by atoms with Gasteiger partial charge in [0.2, 0.25) is 5.91 Å². The Morgan fingerprint density at radius 2 is 1.83 bits per heavy atom. The molecule has 128 valence electrons. The van der Waals surface area contributed by atoms with E-state index >= 15 is 0 Å². The smallest absolute Gasteiger partial charge is 0.254 e. The Morgan fingerprint density at radius 3 is 2.50 bits per heavy atom. The summed E-state index contributed by atoms with van der Waals surface area (Å²) in [7, 11) is 1.59. The third kappa shape index (κ3) is 3.61. The number of ether oxygens (including phenoxy) is 1. The minimum Gasteiger partial charge on any atom is -0.497 e. The van der Waals surface area contributed by atoms with Gasteiger partial charge in [-0.15, -0.1) is 0 Å². The second-order valence-corrected chi connectivity index (χ2v) is 6.33. The van der Waals surface area contributed by atoms with E-state index in [1.807, 2.05) is 21.9 Å². The summed E-state index contributed by atoms with van der Waals surface area (Å²) in [4.78, 5) is 28.9. The monoisotopic (exact) mass is 328 g/mol. The van der Waals surface area contributed by atoms with Crippen molar-refractivity contribution < 1.29 is 14.3 Å². The molecule has 3 rings (SSSR count). The molecule has 1 aromatic carbocycles. The van der Waals surface area contributed by atoms with Gasteiger partial charge < -0.3 is 14.5 Å². The first-order chi connectivity index (χ1) is 11.7. The number of amides is 2. The fourth-order valence-electron chi connectivity index (χ4n) is 3.34. The second-order valence-electron chi connectivity index (χ2n) is 6.33. The maximum Gasteiger partial charge on any atom is 0.254 e. The standard InChI is InChI=1S/C19H24N2O3/c1-24-17-9-5-8-16(14-17)19(23)21-12-10-20(11-13-21)18(22)15-6-3-2-4-7-15/h2-3,5,8-9,14-15H,4,6-7,10-13H2,1H3/t15-/m0/s1. The number of hydrogen-bond acceptors (Lipinski definition) is 3. The van der Waals surface area contributed by atoms with E-state index < -0.39 is 0 Å². The second kappa shape index (κ2) is 7.51. The van der Waals surface area contributed by atoms with Crippen molar-refractivity contribution in [2.24, 2.45) is 5.92 Å². The molecule has 0 unspecified atom stereocenters. The van der Waals surface area contributed by atoms with E-state index in [4.69, 9.17) is 4.74 Å². The highest BCUT2D eigenvalue weighted by Crippen LogP contribution is 2.22. The summed E-state index contributed by atoms with van der Waals surface area (Å²) in [5.41, 5.74) is 0.631. The first kappa shape index (κ1) is 16.6. The Bertz CT molecular complexity index is 633. The van der Waals surface area contributed by atoms with E-state index in [1.54, 1.807) is 19.2 Å². The van der Waals surface area contributed by atoms with Gasteiger partial charge in [0.1, 0.15) is 5.75 Å². The van der Waals surface area contributed by atoms with E-state index in [9.17, 15) is 9.59 Å². The average molecular weight is 328 g/mol. The molecule has 0 aromatic heterocycles. The van der Waals surface area contributed by atoms with Crippen molar-refractivity contribution in [3.05, 3.63) is 42.0 Å². The molecule has 1 fully saturated rings. The molecule has 5 nitrogen and oxygen atoms in total. The highest BCUT2D eigenvalue weighted by Gasteiger charge is 2.29. The molecule has 0 bridgehead atoms. The van der Waals surface area contributed by atoms with Crippen LogP contribution in [0, 0.1) is 5.92 Å². The summed E-state index contributed by atoms with van der Waals surface area (Å²) in [6.45, 7) is 2.41. The highest BCUT2D eigenvalue weighted by molar-refractivity contribution is 5.94.